The molecule has 0 aliphatic heterocycles. The van der Waals surface area contributed by atoms with Gasteiger partial charge in [0, 0.05) is 9.68 Å². The zero-order valence-electron chi connectivity index (χ0n) is 15.0. The number of alkyl halides is 3. The lowest BCUT2D eigenvalue weighted by atomic mass is 9.90. The topological polar surface area (TPSA) is 109 Å². The first-order valence-electron chi connectivity index (χ1n) is 7.98. The summed E-state index contributed by atoms with van der Waals surface area (Å²) >= 11 is 0. The standard InChI is InChI=1S/C15H14F3N3O3/c1-8-2-3-9(14(24,7-22)15(16,17)18)4-10(8)11-5-20-6-12(21-11)13(19)23/h2-6,22,24H,7H2,1H3,(H2,19,23)/t14-/m1/s1/i1D3. The Hall–Kier alpha value is -2.52. The second-order valence-electron chi connectivity index (χ2n) is 4.93. The van der Waals surface area contributed by atoms with E-state index in [1.807, 2.05) is 0 Å². The van der Waals surface area contributed by atoms with E-state index in [9.17, 15) is 23.1 Å². The summed E-state index contributed by atoms with van der Waals surface area (Å²) in [4.78, 5) is 18.8. The van der Waals surface area contributed by atoms with Crippen molar-refractivity contribution in [2.24, 2.45) is 5.73 Å². The zero-order valence-corrected chi connectivity index (χ0v) is 12.0. The average molecular weight is 344 g/mol. The number of hydrogen-bond donors (Lipinski definition) is 3. The maximum atomic E-state index is 13.2. The van der Waals surface area contributed by atoms with Gasteiger partial charge in [-0.3, -0.25) is 9.78 Å². The number of benzene rings is 1. The summed E-state index contributed by atoms with van der Waals surface area (Å²) in [5.74, 6) is -0.974. The van der Waals surface area contributed by atoms with Crippen LogP contribution in [0.25, 0.3) is 11.3 Å². The summed E-state index contributed by atoms with van der Waals surface area (Å²) in [5.41, 5.74) is -0.603. The quantitative estimate of drug-likeness (QED) is 0.774. The monoisotopic (exact) mass is 344 g/mol. The van der Waals surface area contributed by atoms with E-state index in [2.05, 4.69) is 9.97 Å². The van der Waals surface area contributed by atoms with Crippen LogP contribution < -0.4 is 5.73 Å². The minimum absolute atomic E-state index is 0.235. The van der Waals surface area contributed by atoms with Gasteiger partial charge in [0.1, 0.15) is 5.69 Å². The van der Waals surface area contributed by atoms with Crippen LogP contribution in [0.1, 0.15) is 25.7 Å². The highest BCUT2D eigenvalue weighted by atomic mass is 19.4. The third-order valence-corrected chi connectivity index (χ3v) is 3.36. The lowest BCUT2D eigenvalue weighted by Crippen LogP contribution is -2.45. The molecule has 128 valence electrons. The fourth-order valence-electron chi connectivity index (χ4n) is 1.97. The summed E-state index contributed by atoms with van der Waals surface area (Å²) in [7, 11) is 0. The molecular formula is C15H14F3N3O3. The Morgan fingerprint density at radius 2 is 2.08 bits per heavy atom. The third-order valence-electron chi connectivity index (χ3n) is 3.36. The van der Waals surface area contributed by atoms with Crippen molar-refractivity contribution in [2.75, 3.05) is 6.61 Å². The molecule has 4 N–H and O–H groups in total. The van der Waals surface area contributed by atoms with E-state index < -0.39 is 36.7 Å². The highest BCUT2D eigenvalue weighted by molar-refractivity contribution is 5.91. The highest BCUT2D eigenvalue weighted by Crippen LogP contribution is 2.40. The number of nitrogens with two attached hydrogens (primary N) is 1. The fraction of sp³-hybridized carbons (Fsp3) is 0.267. The van der Waals surface area contributed by atoms with Crippen LogP contribution in [0.2, 0.25) is 0 Å². The van der Waals surface area contributed by atoms with Crippen LogP contribution in [0.5, 0.6) is 0 Å². The van der Waals surface area contributed by atoms with Crippen molar-refractivity contribution >= 4 is 5.91 Å². The number of amides is 1. The number of hydrogen-bond acceptors (Lipinski definition) is 5. The van der Waals surface area contributed by atoms with Gasteiger partial charge in [-0.15, -0.1) is 0 Å². The van der Waals surface area contributed by atoms with Crippen LogP contribution in [0.4, 0.5) is 13.2 Å². The van der Waals surface area contributed by atoms with Gasteiger partial charge < -0.3 is 15.9 Å². The third kappa shape index (κ3) is 3.08. The Balaban J connectivity index is 2.78. The minimum atomic E-state index is -5.23. The van der Waals surface area contributed by atoms with Crippen molar-refractivity contribution in [2.45, 2.75) is 18.6 Å². The molecule has 0 radical (unpaired) electrons. The molecule has 2 rings (SSSR count). The van der Waals surface area contributed by atoms with E-state index in [4.69, 9.17) is 15.0 Å². The van der Waals surface area contributed by atoms with Gasteiger partial charge in [0.05, 0.1) is 24.7 Å². The number of nitrogens with zero attached hydrogens (tertiary/aromatic N) is 2. The molecule has 0 unspecified atom stereocenters. The van der Waals surface area contributed by atoms with Gasteiger partial charge in [-0.2, -0.15) is 13.2 Å². The number of aliphatic hydroxyl groups excluding tert-OH is 1. The molecule has 0 aliphatic carbocycles. The molecule has 9 heteroatoms. The van der Waals surface area contributed by atoms with Crippen molar-refractivity contribution in [1.29, 1.82) is 0 Å². The first kappa shape index (κ1) is 13.9. The average Bonchev–Trinajstić information content (AvgIpc) is 2.58. The molecule has 0 saturated heterocycles. The van der Waals surface area contributed by atoms with Crippen LogP contribution in [0.3, 0.4) is 0 Å². The molecule has 0 saturated carbocycles. The molecular weight excluding hydrogens is 327 g/mol. The maximum Gasteiger partial charge on any atom is 0.423 e. The molecule has 0 fully saturated rings. The number of aryl methyl sites for hydroxylation is 1. The number of carbonyl (C=O) groups is 1. The van der Waals surface area contributed by atoms with Crippen LogP contribution in [-0.4, -0.2) is 38.9 Å². The van der Waals surface area contributed by atoms with Gasteiger partial charge in [-0.05, 0) is 24.0 Å². The molecule has 0 spiro atoms. The van der Waals surface area contributed by atoms with Gasteiger partial charge in [0.15, 0.2) is 0 Å². The molecule has 1 atom stereocenters. The number of halogens is 3. The van der Waals surface area contributed by atoms with Gasteiger partial charge in [-0.25, -0.2) is 4.98 Å². The van der Waals surface area contributed by atoms with Crippen LogP contribution >= 0.6 is 0 Å². The summed E-state index contributed by atoms with van der Waals surface area (Å²) in [6.45, 7) is -4.43. The smallest absolute Gasteiger partial charge is 0.393 e. The van der Waals surface area contributed by atoms with Gasteiger partial charge in [0.2, 0.25) is 5.60 Å². The first-order valence-corrected chi connectivity index (χ1v) is 6.48. The molecule has 24 heavy (non-hydrogen) atoms. The summed E-state index contributed by atoms with van der Waals surface area (Å²) in [5, 5.41) is 19.0. The molecule has 1 heterocycles. The van der Waals surface area contributed by atoms with Crippen LogP contribution in [-0.2, 0) is 5.60 Å². The Morgan fingerprint density at radius 1 is 1.38 bits per heavy atom. The molecule has 0 bridgehead atoms. The van der Waals surface area contributed by atoms with Crippen molar-refractivity contribution in [1.82, 2.24) is 9.97 Å². The number of aliphatic hydroxyl groups is 2. The Kier molecular flexibility index (Phi) is 3.57. The van der Waals surface area contributed by atoms with Crippen LogP contribution in [0, 0.1) is 6.85 Å². The van der Waals surface area contributed by atoms with Gasteiger partial charge in [-0.1, -0.05) is 12.1 Å². The molecule has 0 aliphatic rings. The number of aromatic nitrogens is 2. The lowest BCUT2D eigenvalue weighted by molar-refractivity contribution is -0.277. The second kappa shape index (κ2) is 6.17. The molecule has 1 aromatic heterocycles. The zero-order chi connectivity index (χ0) is 20.6. The highest BCUT2D eigenvalue weighted by Gasteiger charge is 2.54. The first-order chi connectivity index (χ1) is 12.3. The van der Waals surface area contributed by atoms with Crippen molar-refractivity contribution in [3.05, 3.63) is 47.4 Å². The Labute approximate surface area is 139 Å². The van der Waals surface area contributed by atoms with Crippen molar-refractivity contribution in [3.8, 4) is 11.3 Å². The van der Waals surface area contributed by atoms with Crippen LogP contribution in [0.15, 0.2) is 30.6 Å². The molecule has 2 aromatic rings. The molecule has 1 aromatic carbocycles. The SMILES string of the molecule is [2H]C([2H])([2H])c1ccc([C@](O)(CO)C(F)(F)F)cc1-c1cncc(C(N)=O)n1. The largest absolute Gasteiger partial charge is 0.423 e. The van der Waals surface area contributed by atoms with Crippen molar-refractivity contribution < 1.29 is 32.3 Å². The number of carbonyl (C=O) groups excluding carboxylic acids is 1. The number of rotatable bonds is 4. The molecule has 6 nitrogen and oxygen atoms in total. The summed E-state index contributed by atoms with van der Waals surface area (Å²) in [6, 6.07) is 2.35. The molecule has 1 amide bonds. The van der Waals surface area contributed by atoms with Gasteiger partial charge in [0.25, 0.3) is 5.91 Å². The Bertz CT molecular complexity index is 875. The van der Waals surface area contributed by atoms with E-state index >= 15 is 0 Å². The van der Waals surface area contributed by atoms with E-state index in [1.54, 1.807) is 0 Å². The summed E-state index contributed by atoms with van der Waals surface area (Å²) < 4.78 is 62.3. The normalized spacial score (nSPS) is 16.6. The lowest BCUT2D eigenvalue weighted by Gasteiger charge is -2.29. The predicted octanol–water partition coefficient (Wildman–Crippen LogP) is 1.29. The van der Waals surface area contributed by atoms with E-state index in [1.165, 1.54) is 0 Å². The van der Waals surface area contributed by atoms with Crippen molar-refractivity contribution in [3.63, 3.8) is 0 Å². The van der Waals surface area contributed by atoms with E-state index in [0.717, 1.165) is 30.6 Å². The maximum absolute atomic E-state index is 13.2. The minimum Gasteiger partial charge on any atom is -0.393 e. The fourth-order valence-corrected chi connectivity index (χ4v) is 1.97. The summed E-state index contributed by atoms with van der Waals surface area (Å²) in [6.07, 6.45) is -3.20. The van der Waals surface area contributed by atoms with E-state index in [-0.39, 0.29) is 22.5 Å². The number of primary amides is 1. The van der Waals surface area contributed by atoms with E-state index in [0.29, 0.717) is 0 Å². The second-order valence-corrected chi connectivity index (χ2v) is 4.93. The Morgan fingerprint density at radius 3 is 2.62 bits per heavy atom. The predicted molar refractivity (Wildman–Crippen MR) is 77.8 cm³/mol. The van der Waals surface area contributed by atoms with Gasteiger partial charge >= 0.3 is 6.18 Å².